The van der Waals surface area contributed by atoms with Gasteiger partial charge in [-0.25, -0.2) is 0 Å². The Hall–Kier alpha value is -2.04. The van der Waals surface area contributed by atoms with Crippen LogP contribution in [0.3, 0.4) is 0 Å². The molecule has 0 aromatic heterocycles. The molecule has 2 atom stereocenters. The lowest BCUT2D eigenvalue weighted by Crippen LogP contribution is -2.37. The molecular weight excluding hydrogens is 244 g/mol. The van der Waals surface area contributed by atoms with Gasteiger partial charge in [-0.1, -0.05) is 0 Å². The normalized spacial score (nSPS) is 25.1. The second kappa shape index (κ2) is 4.26. The third kappa shape index (κ3) is 2.16. The third-order valence-electron chi connectivity index (χ3n) is 3.96. The van der Waals surface area contributed by atoms with Gasteiger partial charge in [0.25, 0.3) is 0 Å². The number of aliphatic carboxylic acids is 1. The molecule has 0 radical (unpaired) electrons. The van der Waals surface area contributed by atoms with Gasteiger partial charge in [-0.2, -0.15) is 0 Å². The maximum atomic E-state index is 12.0. The predicted molar refractivity (Wildman–Crippen MR) is 70.8 cm³/mol. The van der Waals surface area contributed by atoms with Crippen LogP contribution in [0.15, 0.2) is 18.2 Å². The quantitative estimate of drug-likeness (QED) is 0.802. The first-order valence-corrected chi connectivity index (χ1v) is 6.48. The van der Waals surface area contributed by atoms with Gasteiger partial charge in [-0.05, 0) is 42.5 Å². The number of anilines is 2. The average Bonchev–Trinajstić information content (AvgIpc) is 3.12. The number of nitrogens with zero attached hydrogens (tertiary/aromatic N) is 1. The summed E-state index contributed by atoms with van der Waals surface area (Å²) in [6, 6.07) is 5.54. The van der Waals surface area contributed by atoms with Gasteiger partial charge in [0.05, 0.1) is 5.92 Å². The molecule has 5 heteroatoms. The van der Waals surface area contributed by atoms with Gasteiger partial charge < -0.3 is 15.7 Å². The van der Waals surface area contributed by atoms with Gasteiger partial charge in [0.15, 0.2) is 0 Å². The molecule has 1 heterocycles. The van der Waals surface area contributed by atoms with E-state index >= 15 is 0 Å². The molecule has 0 saturated heterocycles. The van der Waals surface area contributed by atoms with Crippen LogP contribution in [0.5, 0.6) is 0 Å². The van der Waals surface area contributed by atoms with Crippen LogP contribution >= 0.6 is 0 Å². The van der Waals surface area contributed by atoms with Crippen molar-refractivity contribution in [3.63, 3.8) is 0 Å². The van der Waals surface area contributed by atoms with Crippen LogP contribution in [0, 0.1) is 11.8 Å². The number of aryl methyl sites for hydroxylation is 1. The highest BCUT2D eigenvalue weighted by molar-refractivity contribution is 5.97. The zero-order valence-electron chi connectivity index (χ0n) is 10.5. The molecule has 1 aliphatic heterocycles. The minimum atomic E-state index is -0.757. The lowest BCUT2D eigenvalue weighted by molar-refractivity contribution is -0.138. The van der Waals surface area contributed by atoms with E-state index in [1.807, 2.05) is 12.1 Å². The largest absolute Gasteiger partial charge is 0.481 e. The summed E-state index contributed by atoms with van der Waals surface area (Å²) in [5.41, 5.74) is 8.42. The molecule has 100 valence electrons. The predicted octanol–water partition coefficient (Wildman–Crippen LogP) is 1.27. The number of amides is 1. The summed E-state index contributed by atoms with van der Waals surface area (Å²) < 4.78 is 0. The van der Waals surface area contributed by atoms with Gasteiger partial charge in [0.2, 0.25) is 5.91 Å². The molecule has 1 aromatic rings. The van der Waals surface area contributed by atoms with Crippen LogP contribution in [0.1, 0.15) is 18.4 Å². The van der Waals surface area contributed by atoms with Crippen LogP contribution in [0.2, 0.25) is 0 Å². The highest BCUT2D eigenvalue weighted by Crippen LogP contribution is 2.41. The van der Waals surface area contributed by atoms with Crippen molar-refractivity contribution in [3.8, 4) is 0 Å². The van der Waals surface area contributed by atoms with Crippen LogP contribution in [0.4, 0.5) is 11.4 Å². The Morgan fingerprint density at radius 3 is 2.89 bits per heavy atom. The molecule has 2 unspecified atom stereocenters. The van der Waals surface area contributed by atoms with E-state index in [4.69, 9.17) is 10.8 Å². The number of carboxylic acid groups (broad SMARTS) is 1. The Balaban J connectivity index is 1.82. The Bertz CT molecular complexity index is 556. The summed E-state index contributed by atoms with van der Waals surface area (Å²) in [6.45, 7) is 0.507. The molecular formula is C14H16N2O3. The van der Waals surface area contributed by atoms with Gasteiger partial charge in [-0.15, -0.1) is 0 Å². The number of fused-ring (bicyclic) bond motifs is 1. The minimum absolute atomic E-state index is 0.0771. The monoisotopic (exact) mass is 260 g/mol. The number of carboxylic acids is 1. The maximum absolute atomic E-state index is 12.0. The lowest BCUT2D eigenvalue weighted by atomic mass is 10.00. The molecule has 0 bridgehead atoms. The number of carbonyl (C=O) groups is 2. The summed E-state index contributed by atoms with van der Waals surface area (Å²) in [6.07, 6.45) is 1.85. The van der Waals surface area contributed by atoms with E-state index < -0.39 is 5.97 Å². The number of hydrogen-bond donors (Lipinski definition) is 2. The zero-order valence-corrected chi connectivity index (χ0v) is 10.5. The summed E-state index contributed by atoms with van der Waals surface area (Å²) in [7, 11) is 0. The molecule has 3 rings (SSSR count). The number of hydrogen-bond acceptors (Lipinski definition) is 3. The van der Waals surface area contributed by atoms with Crippen LogP contribution < -0.4 is 10.6 Å². The average molecular weight is 260 g/mol. The summed E-state index contributed by atoms with van der Waals surface area (Å²) in [5.74, 6) is -0.878. The van der Waals surface area contributed by atoms with Gasteiger partial charge in [0, 0.05) is 24.3 Å². The first kappa shape index (κ1) is 12.0. The summed E-state index contributed by atoms with van der Waals surface area (Å²) in [4.78, 5) is 24.6. The molecule has 1 aliphatic carbocycles. The fourth-order valence-corrected chi connectivity index (χ4v) is 2.77. The van der Waals surface area contributed by atoms with E-state index in [0.29, 0.717) is 31.5 Å². The second-order valence-electron chi connectivity index (χ2n) is 5.33. The topological polar surface area (TPSA) is 83.6 Å². The number of rotatable bonds is 3. The van der Waals surface area contributed by atoms with Crippen molar-refractivity contribution >= 4 is 23.3 Å². The number of carbonyl (C=O) groups excluding carboxylic acids is 1. The molecule has 19 heavy (non-hydrogen) atoms. The number of nitrogen functional groups attached to an aromatic ring is 1. The Morgan fingerprint density at radius 1 is 1.42 bits per heavy atom. The van der Waals surface area contributed by atoms with E-state index in [-0.39, 0.29) is 17.7 Å². The molecule has 2 aliphatic rings. The molecule has 1 fully saturated rings. The van der Waals surface area contributed by atoms with Crippen LogP contribution in [-0.4, -0.2) is 23.5 Å². The molecule has 0 spiro atoms. The van der Waals surface area contributed by atoms with Crippen molar-refractivity contribution in [2.75, 3.05) is 17.2 Å². The minimum Gasteiger partial charge on any atom is -0.481 e. The first-order valence-electron chi connectivity index (χ1n) is 6.48. The fourth-order valence-electron chi connectivity index (χ4n) is 2.77. The third-order valence-corrected chi connectivity index (χ3v) is 3.96. The maximum Gasteiger partial charge on any atom is 0.306 e. The van der Waals surface area contributed by atoms with E-state index in [0.717, 1.165) is 11.3 Å². The van der Waals surface area contributed by atoms with E-state index in [1.165, 1.54) is 0 Å². The van der Waals surface area contributed by atoms with Gasteiger partial charge >= 0.3 is 5.97 Å². The smallest absolute Gasteiger partial charge is 0.306 e. The van der Waals surface area contributed by atoms with Crippen molar-refractivity contribution in [1.82, 2.24) is 0 Å². The lowest BCUT2D eigenvalue weighted by Gasteiger charge is -2.29. The second-order valence-corrected chi connectivity index (χ2v) is 5.33. The summed E-state index contributed by atoms with van der Waals surface area (Å²) >= 11 is 0. The molecule has 1 aromatic carbocycles. The van der Waals surface area contributed by atoms with E-state index in [2.05, 4.69) is 0 Å². The fraction of sp³-hybridized carbons (Fsp3) is 0.429. The standard InChI is InChI=1S/C14H16N2O3/c15-10-2-3-12-8(5-10)1-4-13(17)16(12)7-9-6-11(9)14(18)19/h2-3,5,9,11H,1,4,6-7,15H2,(H,18,19). The van der Waals surface area contributed by atoms with Crippen molar-refractivity contribution in [2.24, 2.45) is 11.8 Å². The van der Waals surface area contributed by atoms with Gasteiger partial charge in [-0.3, -0.25) is 9.59 Å². The van der Waals surface area contributed by atoms with E-state index in [1.54, 1.807) is 11.0 Å². The highest BCUT2D eigenvalue weighted by atomic mass is 16.4. The molecule has 3 N–H and O–H groups in total. The van der Waals surface area contributed by atoms with Crippen molar-refractivity contribution < 1.29 is 14.7 Å². The Kier molecular flexibility index (Phi) is 2.69. The highest BCUT2D eigenvalue weighted by Gasteiger charge is 2.45. The first-order chi connectivity index (χ1) is 9.06. The van der Waals surface area contributed by atoms with Gasteiger partial charge in [0.1, 0.15) is 0 Å². The number of nitrogens with two attached hydrogens (primary N) is 1. The molecule has 5 nitrogen and oxygen atoms in total. The van der Waals surface area contributed by atoms with Crippen LogP contribution in [0.25, 0.3) is 0 Å². The Labute approximate surface area is 111 Å². The number of benzene rings is 1. The Morgan fingerprint density at radius 2 is 2.21 bits per heavy atom. The van der Waals surface area contributed by atoms with Crippen molar-refractivity contribution in [2.45, 2.75) is 19.3 Å². The SMILES string of the molecule is Nc1ccc2c(c1)CCC(=O)N2CC1CC1C(=O)O. The molecule has 1 amide bonds. The van der Waals surface area contributed by atoms with Crippen molar-refractivity contribution in [3.05, 3.63) is 23.8 Å². The van der Waals surface area contributed by atoms with Crippen molar-refractivity contribution in [1.29, 1.82) is 0 Å². The summed E-state index contributed by atoms with van der Waals surface area (Å²) in [5, 5.41) is 8.93. The van der Waals surface area contributed by atoms with Crippen LogP contribution in [-0.2, 0) is 16.0 Å². The van der Waals surface area contributed by atoms with E-state index in [9.17, 15) is 9.59 Å². The zero-order chi connectivity index (χ0) is 13.6. The molecule has 1 saturated carbocycles.